The standard InChI is InChI=1S/C12H20/c1-5-9-10(6-7(2)3)12-8(4)11(9)12/h7-10H,5-6H2,1-4H3. The summed E-state index contributed by atoms with van der Waals surface area (Å²) < 4.78 is 0. The maximum atomic E-state index is 2.38. The van der Waals surface area contributed by atoms with Crippen molar-refractivity contribution in [1.29, 1.82) is 0 Å². The van der Waals surface area contributed by atoms with Gasteiger partial charge in [-0.15, -0.1) is 0 Å². The van der Waals surface area contributed by atoms with Crippen molar-refractivity contribution in [3.05, 3.63) is 11.1 Å². The molecule has 2 aliphatic carbocycles. The van der Waals surface area contributed by atoms with Crippen LogP contribution in [0, 0.1) is 23.7 Å². The highest BCUT2D eigenvalue weighted by atomic mass is 14.6. The van der Waals surface area contributed by atoms with Gasteiger partial charge in [-0.3, -0.25) is 0 Å². The lowest BCUT2D eigenvalue weighted by Gasteiger charge is -2.28. The predicted octanol–water partition coefficient (Wildman–Crippen LogP) is 3.63. The Hall–Kier alpha value is -0.260. The van der Waals surface area contributed by atoms with Crippen LogP contribution in [0.25, 0.3) is 0 Å². The van der Waals surface area contributed by atoms with Crippen LogP contribution in [0.3, 0.4) is 0 Å². The maximum Gasteiger partial charge on any atom is -0.000942 e. The molecule has 0 N–H and O–H groups in total. The van der Waals surface area contributed by atoms with Crippen LogP contribution < -0.4 is 0 Å². The van der Waals surface area contributed by atoms with Gasteiger partial charge in [-0.05, 0) is 36.5 Å². The molecule has 0 saturated heterocycles. The maximum absolute atomic E-state index is 2.38. The van der Waals surface area contributed by atoms with E-state index in [0.717, 1.165) is 23.7 Å². The van der Waals surface area contributed by atoms with Crippen molar-refractivity contribution in [1.82, 2.24) is 0 Å². The van der Waals surface area contributed by atoms with E-state index in [4.69, 9.17) is 0 Å². The van der Waals surface area contributed by atoms with Gasteiger partial charge in [-0.1, -0.05) is 38.8 Å². The normalized spacial score (nSPS) is 38.2. The Balaban J connectivity index is 1.97. The lowest BCUT2D eigenvalue weighted by atomic mass is 9.76. The van der Waals surface area contributed by atoms with E-state index in [9.17, 15) is 0 Å². The second-order valence-corrected chi connectivity index (χ2v) is 4.88. The average molecular weight is 164 g/mol. The van der Waals surface area contributed by atoms with Crippen molar-refractivity contribution < 1.29 is 0 Å². The third kappa shape index (κ3) is 0.967. The third-order valence-electron chi connectivity index (χ3n) is 3.63. The minimum Gasteiger partial charge on any atom is -0.0648 e. The zero-order chi connectivity index (χ0) is 8.88. The van der Waals surface area contributed by atoms with E-state index in [-0.39, 0.29) is 0 Å². The molecule has 0 aromatic heterocycles. The summed E-state index contributed by atoms with van der Waals surface area (Å²) in [6.07, 6.45) is 2.81. The zero-order valence-corrected chi connectivity index (χ0v) is 8.72. The van der Waals surface area contributed by atoms with Crippen LogP contribution in [-0.4, -0.2) is 0 Å². The molecule has 0 spiro atoms. The van der Waals surface area contributed by atoms with Crippen molar-refractivity contribution in [2.75, 3.05) is 0 Å². The summed E-state index contributed by atoms with van der Waals surface area (Å²) in [5, 5.41) is 0. The molecular formula is C12H20. The fourth-order valence-corrected chi connectivity index (χ4v) is 3.09. The second kappa shape index (κ2) is 2.61. The van der Waals surface area contributed by atoms with E-state index in [2.05, 4.69) is 27.7 Å². The van der Waals surface area contributed by atoms with Crippen LogP contribution in [0.5, 0.6) is 0 Å². The highest BCUT2D eigenvalue weighted by molar-refractivity contribution is 5.53. The molecule has 0 heterocycles. The van der Waals surface area contributed by atoms with Gasteiger partial charge in [0.25, 0.3) is 0 Å². The van der Waals surface area contributed by atoms with Gasteiger partial charge in [0.15, 0.2) is 0 Å². The quantitative estimate of drug-likeness (QED) is 0.559. The monoisotopic (exact) mass is 164 g/mol. The second-order valence-electron chi connectivity index (χ2n) is 4.88. The molecular weight excluding hydrogens is 144 g/mol. The Bertz CT molecular complexity index is 222. The molecule has 3 atom stereocenters. The Kier molecular flexibility index (Phi) is 1.82. The van der Waals surface area contributed by atoms with Gasteiger partial charge in [0.05, 0.1) is 0 Å². The highest BCUT2D eigenvalue weighted by Gasteiger charge is 2.53. The first-order valence-electron chi connectivity index (χ1n) is 5.40. The molecule has 0 radical (unpaired) electrons. The minimum absolute atomic E-state index is 0.880. The number of rotatable bonds is 3. The third-order valence-corrected chi connectivity index (χ3v) is 3.63. The molecule has 0 bridgehead atoms. The lowest BCUT2D eigenvalue weighted by Crippen LogP contribution is -2.19. The van der Waals surface area contributed by atoms with Gasteiger partial charge < -0.3 is 0 Å². The van der Waals surface area contributed by atoms with Crippen molar-refractivity contribution in [3.8, 4) is 0 Å². The molecule has 0 heteroatoms. The van der Waals surface area contributed by atoms with E-state index in [1.165, 1.54) is 12.8 Å². The van der Waals surface area contributed by atoms with Crippen molar-refractivity contribution in [3.63, 3.8) is 0 Å². The first-order valence-corrected chi connectivity index (χ1v) is 5.40. The van der Waals surface area contributed by atoms with Crippen LogP contribution in [0.4, 0.5) is 0 Å². The topological polar surface area (TPSA) is 0 Å². The van der Waals surface area contributed by atoms with Gasteiger partial charge in [0.2, 0.25) is 0 Å². The SMILES string of the molecule is CCC1C2=C(C2C)C1CC(C)C. The van der Waals surface area contributed by atoms with Gasteiger partial charge in [-0.25, -0.2) is 0 Å². The van der Waals surface area contributed by atoms with Gasteiger partial charge in [0, 0.05) is 0 Å². The molecule has 0 aromatic carbocycles. The van der Waals surface area contributed by atoms with E-state index >= 15 is 0 Å². The molecule has 0 amide bonds. The van der Waals surface area contributed by atoms with E-state index < -0.39 is 0 Å². The number of hydrogen-bond acceptors (Lipinski definition) is 0. The van der Waals surface area contributed by atoms with E-state index in [1.54, 1.807) is 0 Å². The lowest BCUT2D eigenvalue weighted by molar-refractivity contribution is 0.345. The van der Waals surface area contributed by atoms with Crippen LogP contribution in [0.1, 0.15) is 40.5 Å². The average Bonchev–Trinajstić information content (AvgIpc) is 2.53. The van der Waals surface area contributed by atoms with E-state index in [1.807, 2.05) is 11.1 Å². The van der Waals surface area contributed by atoms with Gasteiger partial charge in [-0.2, -0.15) is 0 Å². The molecule has 3 unspecified atom stereocenters. The summed E-state index contributed by atoms with van der Waals surface area (Å²) in [7, 11) is 0. The zero-order valence-electron chi connectivity index (χ0n) is 8.72. The summed E-state index contributed by atoms with van der Waals surface area (Å²) >= 11 is 0. The van der Waals surface area contributed by atoms with Crippen molar-refractivity contribution in [2.45, 2.75) is 40.5 Å². The van der Waals surface area contributed by atoms with Crippen molar-refractivity contribution in [2.24, 2.45) is 23.7 Å². The summed E-state index contributed by atoms with van der Waals surface area (Å²) in [5.74, 6) is 3.77. The molecule has 68 valence electrons. The van der Waals surface area contributed by atoms with E-state index in [0.29, 0.717) is 0 Å². The fraction of sp³-hybridized carbons (Fsp3) is 0.833. The van der Waals surface area contributed by atoms with Gasteiger partial charge in [0.1, 0.15) is 0 Å². The molecule has 0 aliphatic heterocycles. The molecule has 0 nitrogen and oxygen atoms in total. The molecule has 2 rings (SSSR count). The Labute approximate surface area is 76.1 Å². The fourth-order valence-electron chi connectivity index (χ4n) is 3.09. The first-order chi connectivity index (χ1) is 5.66. The molecule has 2 aliphatic rings. The molecule has 12 heavy (non-hydrogen) atoms. The Morgan fingerprint density at radius 3 is 2.25 bits per heavy atom. The number of allylic oxidation sites excluding steroid dienone is 2. The first kappa shape index (κ1) is 8.34. The Morgan fingerprint density at radius 2 is 1.75 bits per heavy atom. The molecule has 0 aromatic rings. The van der Waals surface area contributed by atoms with Gasteiger partial charge >= 0.3 is 0 Å². The highest BCUT2D eigenvalue weighted by Crippen LogP contribution is 2.64. The minimum atomic E-state index is 0.880. The molecule has 0 fully saturated rings. The summed E-state index contributed by atoms with van der Waals surface area (Å²) in [4.78, 5) is 0. The van der Waals surface area contributed by atoms with Crippen LogP contribution in [0.2, 0.25) is 0 Å². The summed E-state index contributed by atoms with van der Waals surface area (Å²) in [6.45, 7) is 9.41. The Morgan fingerprint density at radius 1 is 1.17 bits per heavy atom. The summed E-state index contributed by atoms with van der Waals surface area (Å²) in [6, 6.07) is 0. The van der Waals surface area contributed by atoms with Crippen LogP contribution >= 0.6 is 0 Å². The summed E-state index contributed by atoms with van der Waals surface area (Å²) in [5.41, 5.74) is 3.68. The predicted molar refractivity (Wildman–Crippen MR) is 52.9 cm³/mol. The molecule has 0 saturated carbocycles. The smallest absolute Gasteiger partial charge is 0.000942 e. The van der Waals surface area contributed by atoms with Crippen molar-refractivity contribution >= 4 is 0 Å². The number of hydrogen-bond donors (Lipinski definition) is 0. The largest absolute Gasteiger partial charge is 0.0648 e. The van der Waals surface area contributed by atoms with Crippen LogP contribution in [0.15, 0.2) is 11.1 Å². The van der Waals surface area contributed by atoms with Crippen LogP contribution in [-0.2, 0) is 0 Å².